The van der Waals surface area contributed by atoms with Crippen LogP contribution in [0, 0.1) is 12.7 Å². The number of nitrogens with one attached hydrogen (secondary N) is 2. The van der Waals surface area contributed by atoms with Crippen molar-refractivity contribution in [1.29, 1.82) is 0 Å². The van der Waals surface area contributed by atoms with E-state index in [-0.39, 0.29) is 29.3 Å². The average molecular weight is 436 g/mol. The Bertz CT molecular complexity index is 1160. The summed E-state index contributed by atoms with van der Waals surface area (Å²) in [5, 5.41) is 14.4. The van der Waals surface area contributed by atoms with Gasteiger partial charge in [0.25, 0.3) is 11.8 Å². The first-order chi connectivity index (χ1) is 15.2. The molecule has 0 aliphatic rings. The molecule has 32 heavy (non-hydrogen) atoms. The molecule has 3 N–H and O–H groups in total. The molecule has 0 saturated heterocycles. The van der Waals surface area contributed by atoms with E-state index in [0.29, 0.717) is 11.1 Å². The summed E-state index contributed by atoms with van der Waals surface area (Å²) in [5.41, 5.74) is 2.09. The number of hydrogen-bond acceptors (Lipinski definition) is 5. The zero-order chi connectivity index (χ0) is 23.3. The van der Waals surface area contributed by atoms with Crippen LogP contribution >= 0.6 is 0 Å². The number of carboxylic acids is 1. The van der Waals surface area contributed by atoms with Gasteiger partial charge < -0.3 is 15.7 Å². The van der Waals surface area contributed by atoms with Crippen LogP contribution in [-0.4, -0.2) is 32.9 Å². The summed E-state index contributed by atoms with van der Waals surface area (Å²) in [6, 6.07) is 11.5. The maximum Gasteiger partial charge on any atom is 0.335 e. The van der Waals surface area contributed by atoms with Gasteiger partial charge in [0.2, 0.25) is 0 Å². The van der Waals surface area contributed by atoms with Crippen molar-refractivity contribution in [2.45, 2.75) is 26.4 Å². The van der Waals surface area contributed by atoms with Crippen LogP contribution in [0.5, 0.6) is 0 Å². The number of halogens is 1. The van der Waals surface area contributed by atoms with E-state index < -0.39 is 23.8 Å². The lowest BCUT2D eigenvalue weighted by atomic mass is 10.1. The number of amides is 2. The Morgan fingerprint density at radius 1 is 1.00 bits per heavy atom. The standard InChI is InChI=1S/C23H21FN4O4/c1-13-9-15(3-8-18(13)24)11-25-21(29)19-10-20(27-12-26-19)22(30)28-14(2)16-4-6-17(7-5-16)23(31)32/h3-10,12,14H,11H2,1-2H3,(H,25,29)(H,28,30)(H,31,32)/t14-/m0/s1. The van der Waals surface area contributed by atoms with Gasteiger partial charge in [0.05, 0.1) is 11.6 Å². The highest BCUT2D eigenvalue weighted by atomic mass is 19.1. The van der Waals surface area contributed by atoms with Crippen molar-refractivity contribution in [3.63, 3.8) is 0 Å². The SMILES string of the molecule is Cc1cc(CNC(=O)c2cc(C(=O)N[C@@H](C)c3ccc(C(=O)O)cc3)ncn2)ccc1F. The topological polar surface area (TPSA) is 121 Å². The van der Waals surface area contributed by atoms with E-state index in [1.165, 1.54) is 24.3 Å². The minimum Gasteiger partial charge on any atom is -0.478 e. The summed E-state index contributed by atoms with van der Waals surface area (Å²) in [6.07, 6.45) is 1.12. The van der Waals surface area contributed by atoms with Crippen molar-refractivity contribution >= 4 is 17.8 Å². The van der Waals surface area contributed by atoms with E-state index in [1.54, 1.807) is 38.1 Å². The highest BCUT2D eigenvalue weighted by Gasteiger charge is 2.16. The molecule has 0 spiro atoms. The van der Waals surface area contributed by atoms with Gasteiger partial charge >= 0.3 is 5.97 Å². The second-order valence-electron chi connectivity index (χ2n) is 7.18. The molecule has 0 bridgehead atoms. The number of hydrogen-bond donors (Lipinski definition) is 3. The van der Waals surface area contributed by atoms with Gasteiger partial charge in [-0.25, -0.2) is 19.2 Å². The first kappa shape index (κ1) is 22.5. The van der Waals surface area contributed by atoms with Crippen LogP contribution < -0.4 is 10.6 Å². The predicted octanol–water partition coefficient (Wildman–Crippen LogP) is 3.04. The van der Waals surface area contributed by atoms with E-state index in [4.69, 9.17) is 5.11 Å². The van der Waals surface area contributed by atoms with Crippen LogP contribution in [0.4, 0.5) is 4.39 Å². The van der Waals surface area contributed by atoms with Crippen molar-refractivity contribution < 1.29 is 23.9 Å². The Morgan fingerprint density at radius 2 is 1.66 bits per heavy atom. The third kappa shape index (κ3) is 5.51. The van der Waals surface area contributed by atoms with Crippen molar-refractivity contribution in [1.82, 2.24) is 20.6 Å². The number of carbonyl (C=O) groups excluding carboxylic acids is 2. The van der Waals surface area contributed by atoms with Crippen molar-refractivity contribution in [3.05, 3.63) is 94.3 Å². The first-order valence-corrected chi connectivity index (χ1v) is 9.74. The lowest BCUT2D eigenvalue weighted by Gasteiger charge is -2.14. The summed E-state index contributed by atoms with van der Waals surface area (Å²) in [6.45, 7) is 3.56. The molecule has 3 rings (SSSR count). The maximum absolute atomic E-state index is 13.4. The molecule has 0 aliphatic carbocycles. The van der Waals surface area contributed by atoms with Gasteiger partial charge in [-0.2, -0.15) is 0 Å². The van der Waals surface area contributed by atoms with E-state index in [9.17, 15) is 18.8 Å². The molecule has 0 radical (unpaired) electrons. The molecule has 164 valence electrons. The summed E-state index contributed by atoms with van der Waals surface area (Å²) >= 11 is 0. The van der Waals surface area contributed by atoms with E-state index >= 15 is 0 Å². The van der Waals surface area contributed by atoms with E-state index in [1.807, 2.05) is 0 Å². The Balaban J connectivity index is 1.63. The molecule has 3 aromatic rings. The number of nitrogens with zero attached hydrogens (tertiary/aromatic N) is 2. The molecule has 2 aromatic carbocycles. The second kappa shape index (κ2) is 9.78. The van der Waals surface area contributed by atoms with Gasteiger partial charge in [0, 0.05) is 12.6 Å². The van der Waals surface area contributed by atoms with Crippen molar-refractivity contribution in [2.24, 2.45) is 0 Å². The molecule has 0 saturated carbocycles. The molecule has 1 atom stereocenters. The zero-order valence-corrected chi connectivity index (χ0v) is 17.4. The Hall–Kier alpha value is -4.14. The van der Waals surface area contributed by atoms with E-state index in [2.05, 4.69) is 20.6 Å². The highest BCUT2D eigenvalue weighted by molar-refractivity contribution is 5.97. The molecule has 0 unspecified atom stereocenters. The number of aromatic nitrogens is 2. The summed E-state index contributed by atoms with van der Waals surface area (Å²) in [5.74, 6) is -2.36. The van der Waals surface area contributed by atoms with Gasteiger partial charge in [0.1, 0.15) is 23.5 Å². The third-order valence-electron chi connectivity index (χ3n) is 4.81. The van der Waals surface area contributed by atoms with Gasteiger partial charge in [-0.1, -0.05) is 24.3 Å². The summed E-state index contributed by atoms with van der Waals surface area (Å²) in [7, 11) is 0. The number of carboxylic acid groups (broad SMARTS) is 1. The quantitative estimate of drug-likeness (QED) is 0.523. The fourth-order valence-corrected chi connectivity index (χ4v) is 2.96. The minimum absolute atomic E-state index is 0.0109. The van der Waals surface area contributed by atoms with Crippen LogP contribution in [0.15, 0.2) is 54.9 Å². The van der Waals surface area contributed by atoms with Gasteiger partial charge in [0.15, 0.2) is 0 Å². The predicted molar refractivity (Wildman–Crippen MR) is 114 cm³/mol. The van der Waals surface area contributed by atoms with Gasteiger partial charge in [-0.05, 0) is 48.7 Å². The summed E-state index contributed by atoms with van der Waals surface area (Å²) < 4.78 is 13.4. The Morgan fingerprint density at radius 3 is 2.28 bits per heavy atom. The molecular weight excluding hydrogens is 415 g/mol. The van der Waals surface area contributed by atoms with Gasteiger partial charge in [-0.15, -0.1) is 0 Å². The molecule has 1 heterocycles. The summed E-state index contributed by atoms with van der Waals surface area (Å²) in [4.78, 5) is 43.8. The first-order valence-electron chi connectivity index (χ1n) is 9.74. The highest BCUT2D eigenvalue weighted by Crippen LogP contribution is 2.14. The molecule has 2 amide bonds. The van der Waals surface area contributed by atoms with Crippen LogP contribution in [0.2, 0.25) is 0 Å². The normalized spacial score (nSPS) is 11.5. The molecular formula is C23H21FN4O4. The van der Waals surface area contributed by atoms with Crippen molar-refractivity contribution in [3.8, 4) is 0 Å². The molecule has 8 nitrogen and oxygen atoms in total. The van der Waals surface area contributed by atoms with Crippen LogP contribution in [0.1, 0.15) is 61.0 Å². The minimum atomic E-state index is -1.03. The number of aromatic carboxylic acids is 1. The number of benzene rings is 2. The van der Waals surface area contributed by atoms with E-state index in [0.717, 1.165) is 11.9 Å². The Kier molecular flexibility index (Phi) is 6.89. The fourth-order valence-electron chi connectivity index (χ4n) is 2.96. The smallest absolute Gasteiger partial charge is 0.335 e. The van der Waals surface area contributed by atoms with Crippen LogP contribution in [-0.2, 0) is 6.54 Å². The second-order valence-corrected chi connectivity index (χ2v) is 7.18. The maximum atomic E-state index is 13.4. The molecule has 1 aromatic heterocycles. The largest absolute Gasteiger partial charge is 0.478 e. The fraction of sp³-hybridized carbons (Fsp3) is 0.174. The lowest BCUT2D eigenvalue weighted by molar-refractivity contribution is 0.0696. The number of carbonyl (C=O) groups is 3. The average Bonchev–Trinajstić information content (AvgIpc) is 2.79. The van der Waals surface area contributed by atoms with Crippen molar-refractivity contribution in [2.75, 3.05) is 0 Å². The van der Waals surface area contributed by atoms with Crippen LogP contribution in [0.3, 0.4) is 0 Å². The van der Waals surface area contributed by atoms with Crippen LogP contribution in [0.25, 0.3) is 0 Å². The zero-order valence-electron chi connectivity index (χ0n) is 17.4. The number of rotatable bonds is 7. The third-order valence-corrected chi connectivity index (χ3v) is 4.81. The lowest BCUT2D eigenvalue weighted by Crippen LogP contribution is -2.29. The molecule has 0 aliphatic heterocycles. The Labute approximate surface area is 183 Å². The number of aryl methyl sites for hydroxylation is 1. The molecule has 9 heteroatoms. The molecule has 0 fully saturated rings. The van der Waals surface area contributed by atoms with Gasteiger partial charge in [-0.3, -0.25) is 9.59 Å². The monoisotopic (exact) mass is 436 g/mol.